The Bertz CT molecular complexity index is 399. The first kappa shape index (κ1) is 21.1. The summed E-state index contributed by atoms with van der Waals surface area (Å²) in [5.74, 6) is -1.04. The number of esters is 1. The Morgan fingerprint density at radius 1 is 0.708 bits per heavy atom. The number of aliphatic hydroxyl groups excluding tert-OH is 9. The normalized spacial score (nSPS) is 45.9. The van der Waals surface area contributed by atoms with Gasteiger partial charge >= 0.3 is 5.97 Å². The molecule has 2 aliphatic rings. The Labute approximate surface area is 135 Å². The summed E-state index contributed by atoms with van der Waals surface area (Å²) in [6.45, 7) is -1.11. The molecule has 12 nitrogen and oxygen atoms in total. The molecule has 0 aromatic heterocycles. The van der Waals surface area contributed by atoms with Crippen LogP contribution in [0.25, 0.3) is 0 Å². The summed E-state index contributed by atoms with van der Waals surface area (Å²) in [5.41, 5.74) is 0. The second-order valence-corrected chi connectivity index (χ2v) is 5.30. The van der Waals surface area contributed by atoms with Crippen molar-refractivity contribution in [2.24, 2.45) is 0 Å². The highest BCUT2D eigenvalue weighted by atomic mass is 16.6. The molecule has 2 aliphatic heterocycles. The van der Waals surface area contributed by atoms with Gasteiger partial charge < -0.3 is 55.4 Å². The first-order chi connectivity index (χ1) is 11.1. The second kappa shape index (κ2) is 8.96. The predicted molar refractivity (Wildman–Crippen MR) is 71.0 cm³/mol. The fraction of sp³-hybridized carbons (Fsp3) is 0.917. The van der Waals surface area contributed by atoms with Crippen LogP contribution in [-0.2, 0) is 14.3 Å². The van der Waals surface area contributed by atoms with Gasteiger partial charge in [0.15, 0.2) is 18.5 Å². The third-order valence-corrected chi connectivity index (χ3v) is 3.61. The summed E-state index contributed by atoms with van der Waals surface area (Å²) in [6, 6.07) is 0. The highest BCUT2D eigenvalue weighted by Crippen LogP contribution is 2.19. The predicted octanol–water partition coefficient (Wildman–Crippen LogP) is -6.23. The number of hydrogen-bond acceptors (Lipinski definition) is 12. The van der Waals surface area contributed by atoms with Crippen molar-refractivity contribution in [2.45, 2.75) is 55.1 Å². The molecular weight excluding hydrogens is 336 g/mol. The van der Waals surface area contributed by atoms with E-state index in [1.54, 1.807) is 0 Å². The molecule has 24 heavy (non-hydrogen) atoms. The molecule has 0 bridgehead atoms. The smallest absolute Gasteiger partial charge is 0.338 e. The molecule has 0 aromatic rings. The minimum Gasteiger partial charge on any atom is -0.455 e. The van der Waals surface area contributed by atoms with E-state index in [2.05, 4.69) is 9.47 Å². The number of carbonyl (C=O) groups excluding carboxylic acids is 1. The molecule has 0 amide bonds. The minimum atomic E-state index is -1.73. The van der Waals surface area contributed by atoms with Crippen LogP contribution in [0.5, 0.6) is 0 Å². The van der Waals surface area contributed by atoms with Crippen LogP contribution in [0, 0.1) is 0 Å². The van der Waals surface area contributed by atoms with Crippen LogP contribution in [0.3, 0.4) is 0 Å². The largest absolute Gasteiger partial charge is 0.455 e. The quantitative estimate of drug-likeness (QED) is 0.211. The van der Waals surface area contributed by atoms with Gasteiger partial charge in [0.1, 0.15) is 36.6 Å². The SMILES string of the molecule is O=C1OC(CO)[C@@H](O)[C@H](O)C1O.OCC1O[C@@H](O)C(O)[C@@H](O)[C@@H]1O. The van der Waals surface area contributed by atoms with Crippen molar-refractivity contribution >= 4 is 5.97 Å². The van der Waals surface area contributed by atoms with Crippen LogP contribution in [-0.4, -0.2) is 120 Å². The molecule has 12 heteroatoms. The topological polar surface area (TPSA) is 218 Å². The maximum atomic E-state index is 10.7. The van der Waals surface area contributed by atoms with Crippen LogP contribution >= 0.6 is 0 Å². The molecule has 0 spiro atoms. The third kappa shape index (κ3) is 4.58. The lowest BCUT2D eigenvalue weighted by atomic mass is 10.00. The summed E-state index contributed by atoms with van der Waals surface area (Å²) in [6.07, 6.45) is -13.0. The highest BCUT2D eigenvalue weighted by Gasteiger charge is 2.43. The molecule has 2 rings (SSSR count). The van der Waals surface area contributed by atoms with E-state index < -0.39 is 74.3 Å². The van der Waals surface area contributed by atoms with Crippen LogP contribution in [0.4, 0.5) is 0 Å². The molecule has 0 saturated carbocycles. The molecule has 2 fully saturated rings. The van der Waals surface area contributed by atoms with Crippen molar-refractivity contribution in [2.75, 3.05) is 13.2 Å². The Kier molecular flexibility index (Phi) is 7.88. The molecule has 142 valence electrons. The van der Waals surface area contributed by atoms with E-state index in [0.717, 1.165) is 0 Å². The first-order valence-electron chi connectivity index (χ1n) is 6.99. The van der Waals surface area contributed by atoms with Gasteiger partial charge in [0.25, 0.3) is 0 Å². The molecule has 0 radical (unpaired) electrons. The van der Waals surface area contributed by atoms with Gasteiger partial charge in [-0.25, -0.2) is 4.79 Å². The summed E-state index contributed by atoms with van der Waals surface area (Å²) in [4.78, 5) is 10.7. The van der Waals surface area contributed by atoms with Gasteiger partial charge in [0, 0.05) is 0 Å². The lowest BCUT2D eigenvalue weighted by Gasteiger charge is -2.37. The van der Waals surface area contributed by atoms with E-state index in [9.17, 15) is 4.79 Å². The minimum absolute atomic E-state index is 0.526. The van der Waals surface area contributed by atoms with Crippen molar-refractivity contribution in [3.05, 3.63) is 0 Å². The molecule has 4 unspecified atom stereocenters. The lowest BCUT2D eigenvalue weighted by Crippen LogP contribution is -2.58. The average Bonchev–Trinajstić information content (AvgIpc) is 2.58. The van der Waals surface area contributed by atoms with Gasteiger partial charge in [-0.05, 0) is 0 Å². The fourth-order valence-electron chi connectivity index (χ4n) is 2.06. The van der Waals surface area contributed by atoms with Gasteiger partial charge in [-0.3, -0.25) is 0 Å². The Morgan fingerprint density at radius 3 is 1.71 bits per heavy atom. The molecule has 0 aromatic carbocycles. The molecular formula is C12H22O12. The van der Waals surface area contributed by atoms with Gasteiger partial charge in [0.2, 0.25) is 0 Å². The number of rotatable bonds is 2. The third-order valence-electron chi connectivity index (χ3n) is 3.61. The van der Waals surface area contributed by atoms with Gasteiger partial charge in [-0.2, -0.15) is 0 Å². The van der Waals surface area contributed by atoms with Crippen LogP contribution in [0.15, 0.2) is 0 Å². The van der Waals surface area contributed by atoms with Crippen molar-refractivity contribution in [3.63, 3.8) is 0 Å². The zero-order valence-electron chi connectivity index (χ0n) is 12.4. The summed E-state index contributed by atoms with van der Waals surface area (Å²) in [5, 5.41) is 80.2. The van der Waals surface area contributed by atoms with Crippen molar-refractivity contribution in [3.8, 4) is 0 Å². The zero-order chi connectivity index (χ0) is 18.6. The van der Waals surface area contributed by atoms with Gasteiger partial charge in [0.05, 0.1) is 13.2 Å². The van der Waals surface area contributed by atoms with E-state index >= 15 is 0 Å². The second-order valence-electron chi connectivity index (χ2n) is 5.30. The number of carbonyl (C=O) groups is 1. The Hall–Kier alpha value is -0.930. The van der Waals surface area contributed by atoms with Crippen LogP contribution < -0.4 is 0 Å². The summed E-state index contributed by atoms with van der Waals surface area (Å²) < 4.78 is 8.96. The number of aliphatic hydroxyl groups is 9. The average molecular weight is 358 g/mol. The van der Waals surface area contributed by atoms with Crippen molar-refractivity contribution in [1.29, 1.82) is 0 Å². The number of cyclic esters (lactones) is 1. The first-order valence-corrected chi connectivity index (χ1v) is 6.99. The lowest BCUT2D eigenvalue weighted by molar-refractivity contribution is -0.286. The summed E-state index contributed by atoms with van der Waals surface area (Å²) >= 11 is 0. The fourth-order valence-corrected chi connectivity index (χ4v) is 2.06. The molecule has 2 saturated heterocycles. The van der Waals surface area contributed by atoms with E-state index in [4.69, 9.17) is 46.0 Å². The van der Waals surface area contributed by atoms with Crippen molar-refractivity contribution in [1.82, 2.24) is 0 Å². The zero-order valence-corrected chi connectivity index (χ0v) is 12.4. The summed E-state index contributed by atoms with van der Waals surface area (Å²) in [7, 11) is 0. The van der Waals surface area contributed by atoms with Crippen molar-refractivity contribution < 1.29 is 60.2 Å². The monoisotopic (exact) mass is 358 g/mol. The molecule has 0 aliphatic carbocycles. The Morgan fingerprint density at radius 2 is 1.21 bits per heavy atom. The maximum absolute atomic E-state index is 10.7. The van der Waals surface area contributed by atoms with Gasteiger partial charge in [-0.1, -0.05) is 0 Å². The molecule has 9 atom stereocenters. The molecule has 9 N–H and O–H groups in total. The Balaban J connectivity index is 0.000000240. The van der Waals surface area contributed by atoms with E-state index in [1.165, 1.54) is 0 Å². The van der Waals surface area contributed by atoms with Gasteiger partial charge in [-0.15, -0.1) is 0 Å². The standard InChI is InChI=1S/C6H12O6.C6H10O6/c2*7-1-2-3(8)4(9)5(10)6(11)12-2/h2-11H,1H2;2-5,7-10H,1H2/t2?,3-,4+,5?,6-;2?,3-,4+,5?/m11/s1. The molecule has 2 heterocycles. The van der Waals surface area contributed by atoms with Crippen LogP contribution in [0.1, 0.15) is 0 Å². The van der Waals surface area contributed by atoms with E-state index in [0.29, 0.717) is 0 Å². The van der Waals surface area contributed by atoms with E-state index in [1.807, 2.05) is 0 Å². The maximum Gasteiger partial charge on any atom is 0.338 e. The number of hydrogen-bond donors (Lipinski definition) is 9. The number of ether oxygens (including phenoxy) is 2. The highest BCUT2D eigenvalue weighted by molar-refractivity contribution is 5.76. The van der Waals surface area contributed by atoms with Crippen LogP contribution in [0.2, 0.25) is 0 Å². The van der Waals surface area contributed by atoms with E-state index in [-0.39, 0.29) is 0 Å².